The van der Waals surface area contributed by atoms with Gasteiger partial charge < -0.3 is 10.0 Å². The molecule has 2 aliphatic heterocycles. The van der Waals surface area contributed by atoms with Gasteiger partial charge in [-0.25, -0.2) is 4.79 Å². The highest BCUT2D eigenvalue weighted by molar-refractivity contribution is 5.88. The molecular weight excluding hydrogens is 280 g/mol. The fourth-order valence-corrected chi connectivity index (χ4v) is 3.61. The van der Waals surface area contributed by atoms with Gasteiger partial charge in [0.2, 0.25) is 5.91 Å². The minimum absolute atomic E-state index is 0.203. The third kappa shape index (κ3) is 2.73. The largest absolute Gasteiger partial charge is 0.478 e. The highest BCUT2D eigenvalue weighted by Crippen LogP contribution is 2.32. The number of fused-ring (bicyclic) bond motifs is 1. The number of carbonyl (C=O) groups is 2. The molecule has 2 atom stereocenters. The van der Waals surface area contributed by atoms with Crippen LogP contribution in [0.5, 0.6) is 0 Å². The Bertz CT molecular complexity index is 614. The van der Waals surface area contributed by atoms with Crippen LogP contribution in [-0.2, 0) is 11.3 Å². The van der Waals surface area contributed by atoms with Crippen molar-refractivity contribution in [2.24, 2.45) is 0 Å². The Kier molecular flexibility index (Phi) is 3.91. The summed E-state index contributed by atoms with van der Waals surface area (Å²) in [4.78, 5) is 27.2. The number of hydrogen-bond donors (Lipinski definition) is 1. The van der Waals surface area contributed by atoms with Crippen molar-refractivity contribution in [3.8, 4) is 0 Å². The lowest BCUT2D eigenvalue weighted by molar-refractivity contribution is -0.134. The molecule has 1 saturated heterocycles. The SMILES string of the molecule is CC1CN(C2CCN(C)C(=O)C2)Cc2cc(C(=O)O)ccc21. The number of nitrogens with zero attached hydrogens (tertiary/aromatic N) is 2. The maximum absolute atomic E-state index is 11.9. The first-order valence-electron chi connectivity index (χ1n) is 7.80. The van der Waals surface area contributed by atoms with Crippen molar-refractivity contribution in [1.29, 1.82) is 0 Å². The summed E-state index contributed by atoms with van der Waals surface area (Å²) in [6, 6.07) is 5.69. The summed E-state index contributed by atoms with van der Waals surface area (Å²) in [7, 11) is 1.85. The van der Waals surface area contributed by atoms with Crippen LogP contribution in [0.25, 0.3) is 0 Å². The standard InChI is InChI=1S/C17H22N2O3/c1-11-9-19(14-5-6-18(2)16(20)8-14)10-13-7-12(17(21)22)3-4-15(11)13/h3-4,7,11,14H,5-6,8-10H2,1-2H3,(H,21,22). The van der Waals surface area contributed by atoms with Crippen molar-refractivity contribution in [3.63, 3.8) is 0 Å². The van der Waals surface area contributed by atoms with Crippen molar-refractivity contribution >= 4 is 11.9 Å². The van der Waals surface area contributed by atoms with Crippen molar-refractivity contribution < 1.29 is 14.7 Å². The smallest absolute Gasteiger partial charge is 0.335 e. The maximum atomic E-state index is 11.9. The van der Waals surface area contributed by atoms with Crippen LogP contribution in [0.2, 0.25) is 0 Å². The number of amides is 1. The van der Waals surface area contributed by atoms with Gasteiger partial charge in [-0.2, -0.15) is 0 Å². The van der Waals surface area contributed by atoms with Crippen molar-refractivity contribution in [3.05, 3.63) is 34.9 Å². The second kappa shape index (κ2) is 5.72. The quantitative estimate of drug-likeness (QED) is 0.907. The zero-order valence-electron chi connectivity index (χ0n) is 13.1. The zero-order valence-corrected chi connectivity index (χ0v) is 13.1. The van der Waals surface area contributed by atoms with Gasteiger partial charge in [0.25, 0.3) is 0 Å². The van der Waals surface area contributed by atoms with Crippen LogP contribution in [-0.4, -0.2) is 53.0 Å². The normalized spacial score (nSPS) is 25.9. The summed E-state index contributed by atoms with van der Waals surface area (Å²) in [5.74, 6) is -0.322. The third-order valence-corrected chi connectivity index (χ3v) is 4.95. The lowest BCUT2D eigenvalue weighted by Crippen LogP contribution is -2.48. The number of benzene rings is 1. The van der Waals surface area contributed by atoms with Crippen molar-refractivity contribution in [2.75, 3.05) is 20.1 Å². The lowest BCUT2D eigenvalue weighted by Gasteiger charge is -2.41. The topological polar surface area (TPSA) is 60.9 Å². The van der Waals surface area contributed by atoms with E-state index in [1.807, 2.05) is 13.1 Å². The minimum atomic E-state index is -0.887. The van der Waals surface area contributed by atoms with E-state index in [0.717, 1.165) is 31.6 Å². The van der Waals surface area contributed by atoms with Gasteiger partial charge in [-0.3, -0.25) is 9.69 Å². The van der Waals surface area contributed by atoms with Crippen LogP contribution in [0.1, 0.15) is 47.2 Å². The van der Waals surface area contributed by atoms with Crippen LogP contribution in [0.3, 0.4) is 0 Å². The average molecular weight is 302 g/mol. The third-order valence-electron chi connectivity index (χ3n) is 4.95. The van der Waals surface area contributed by atoms with Crippen LogP contribution >= 0.6 is 0 Å². The zero-order chi connectivity index (χ0) is 15.9. The second-order valence-corrected chi connectivity index (χ2v) is 6.51. The molecule has 2 unspecified atom stereocenters. The number of piperidine rings is 1. The molecule has 0 aliphatic carbocycles. The molecule has 1 aromatic rings. The van der Waals surface area contributed by atoms with Gasteiger partial charge in [0.05, 0.1) is 5.56 Å². The summed E-state index contributed by atoms with van der Waals surface area (Å²) >= 11 is 0. The lowest BCUT2D eigenvalue weighted by atomic mass is 9.88. The monoisotopic (exact) mass is 302 g/mol. The Balaban J connectivity index is 1.82. The molecule has 1 N–H and O–H groups in total. The van der Waals surface area contributed by atoms with Crippen LogP contribution < -0.4 is 0 Å². The summed E-state index contributed by atoms with van der Waals surface area (Å²) in [5.41, 5.74) is 2.66. The Morgan fingerprint density at radius 3 is 2.82 bits per heavy atom. The first kappa shape index (κ1) is 15.0. The molecule has 1 fully saturated rings. The van der Waals surface area contributed by atoms with Gasteiger partial charge in [-0.15, -0.1) is 0 Å². The number of likely N-dealkylation sites (tertiary alicyclic amines) is 1. The van der Waals surface area contributed by atoms with Gasteiger partial charge in [0.1, 0.15) is 0 Å². The summed E-state index contributed by atoms with van der Waals surface area (Å²) in [6.07, 6.45) is 1.56. The molecule has 5 heteroatoms. The number of hydrogen-bond acceptors (Lipinski definition) is 3. The van der Waals surface area contributed by atoms with Gasteiger partial charge in [-0.05, 0) is 35.6 Å². The molecule has 2 aliphatic rings. The highest BCUT2D eigenvalue weighted by Gasteiger charge is 2.32. The highest BCUT2D eigenvalue weighted by atomic mass is 16.4. The average Bonchev–Trinajstić information content (AvgIpc) is 2.49. The fourth-order valence-electron chi connectivity index (χ4n) is 3.61. The van der Waals surface area contributed by atoms with E-state index >= 15 is 0 Å². The summed E-state index contributed by atoms with van der Waals surface area (Å²) in [5, 5.41) is 9.17. The van der Waals surface area contributed by atoms with E-state index in [-0.39, 0.29) is 11.9 Å². The van der Waals surface area contributed by atoms with Gasteiger partial charge in [-0.1, -0.05) is 13.0 Å². The van der Waals surface area contributed by atoms with E-state index in [1.54, 1.807) is 17.0 Å². The molecule has 5 nitrogen and oxygen atoms in total. The molecule has 3 rings (SSSR count). The molecule has 0 radical (unpaired) electrons. The Morgan fingerprint density at radius 2 is 2.14 bits per heavy atom. The molecule has 0 bridgehead atoms. The van der Waals surface area contributed by atoms with Gasteiger partial charge >= 0.3 is 5.97 Å². The predicted molar refractivity (Wildman–Crippen MR) is 82.9 cm³/mol. The fraction of sp³-hybridized carbons (Fsp3) is 0.529. The van der Waals surface area contributed by atoms with E-state index in [9.17, 15) is 9.59 Å². The summed E-state index contributed by atoms with van der Waals surface area (Å²) < 4.78 is 0. The van der Waals surface area contributed by atoms with E-state index < -0.39 is 5.97 Å². The van der Waals surface area contributed by atoms with E-state index in [4.69, 9.17) is 5.11 Å². The number of rotatable bonds is 2. The van der Waals surface area contributed by atoms with Gasteiger partial charge in [0, 0.05) is 39.1 Å². The minimum Gasteiger partial charge on any atom is -0.478 e. The number of carboxylic acid groups (broad SMARTS) is 1. The van der Waals surface area contributed by atoms with Crippen LogP contribution in [0.15, 0.2) is 18.2 Å². The second-order valence-electron chi connectivity index (χ2n) is 6.51. The number of carbonyl (C=O) groups excluding carboxylic acids is 1. The van der Waals surface area contributed by atoms with Crippen molar-refractivity contribution in [1.82, 2.24) is 9.80 Å². The molecule has 2 heterocycles. The van der Waals surface area contributed by atoms with Crippen molar-refractivity contribution in [2.45, 2.75) is 38.3 Å². The predicted octanol–water partition coefficient (Wildman–Crippen LogP) is 1.92. The molecule has 0 saturated carbocycles. The summed E-state index contributed by atoms with van der Waals surface area (Å²) in [6.45, 7) is 4.64. The van der Waals surface area contributed by atoms with E-state index in [2.05, 4.69) is 11.8 Å². The molecular formula is C17H22N2O3. The molecule has 22 heavy (non-hydrogen) atoms. The first-order chi connectivity index (χ1) is 10.5. The Morgan fingerprint density at radius 1 is 1.36 bits per heavy atom. The molecule has 1 amide bonds. The Labute approximate surface area is 130 Å². The van der Waals surface area contributed by atoms with E-state index in [0.29, 0.717) is 17.9 Å². The molecule has 0 aromatic heterocycles. The molecule has 1 aromatic carbocycles. The molecule has 0 spiro atoms. The van der Waals surface area contributed by atoms with E-state index in [1.165, 1.54) is 5.56 Å². The van der Waals surface area contributed by atoms with Crippen LogP contribution in [0, 0.1) is 0 Å². The number of carboxylic acids is 1. The maximum Gasteiger partial charge on any atom is 0.335 e. The molecule has 118 valence electrons. The van der Waals surface area contributed by atoms with Gasteiger partial charge in [0.15, 0.2) is 0 Å². The van der Waals surface area contributed by atoms with Crippen LogP contribution in [0.4, 0.5) is 0 Å². The Hall–Kier alpha value is -1.88. The number of aromatic carboxylic acids is 1. The first-order valence-corrected chi connectivity index (χ1v) is 7.80.